The second kappa shape index (κ2) is 9.22. The van der Waals surface area contributed by atoms with E-state index in [1.807, 2.05) is 6.07 Å². The Bertz CT molecular complexity index is 752. The van der Waals surface area contributed by atoms with Crippen molar-refractivity contribution < 1.29 is 4.79 Å². The number of hydrogen-bond donors (Lipinski definition) is 1. The molecule has 1 saturated heterocycles. The highest BCUT2D eigenvalue weighted by molar-refractivity contribution is 5.81. The zero-order valence-corrected chi connectivity index (χ0v) is 16.9. The highest BCUT2D eigenvalue weighted by Gasteiger charge is 2.28. The van der Waals surface area contributed by atoms with Crippen molar-refractivity contribution in [2.75, 3.05) is 44.2 Å². The molecular weight excluding hydrogens is 338 g/mol. The SMILES string of the molecule is CCN(CC)CCNC(=O)[C@H]1CCCN(c2nc3ccccc3n2CC)C1. The number of likely N-dealkylation sites (N-methyl/N-ethyl adjacent to an activating group) is 1. The molecule has 0 bridgehead atoms. The van der Waals surface area contributed by atoms with E-state index in [1.165, 1.54) is 5.52 Å². The van der Waals surface area contributed by atoms with Crippen LogP contribution in [0.5, 0.6) is 0 Å². The zero-order valence-electron chi connectivity index (χ0n) is 16.9. The fraction of sp³-hybridized carbons (Fsp3) is 0.619. The molecule has 1 aliphatic rings. The monoisotopic (exact) mass is 371 g/mol. The summed E-state index contributed by atoms with van der Waals surface area (Å²) in [6.45, 7) is 12.8. The third-order valence-electron chi connectivity index (χ3n) is 5.65. The van der Waals surface area contributed by atoms with Crippen molar-refractivity contribution in [1.82, 2.24) is 19.8 Å². The highest BCUT2D eigenvalue weighted by atomic mass is 16.1. The van der Waals surface area contributed by atoms with Gasteiger partial charge in [-0.2, -0.15) is 0 Å². The third kappa shape index (κ3) is 4.43. The minimum Gasteiger partial charge on any atom is -0.355 e. The van der Waals surface area contributed by atoms with E-state index in [0.717, 1.165) is 70.1 Å². The number of nitrogens with zero attached hydrogens (tertiary/aromatic N) is 4. The van der Waals surface area contributed by atoms with Crippen LogP contribution < -0.4 is 10.2 Å². The molecule has 2 heterocycles. The van der Waals surface area contributed by atoms with Crippen LogP contribution in [0.4, 0.5) is 5.95 Å². The summed E-state index contributed by atoms with van der Waals surface area (Å²) in [5, 5.41) is 3.14. The molecule has 1 aliphatic heterocycles. The molecule has 1 fully saturated rings. The molecule has 0 unspecified atom stereocenters. The van der Waals surface area contributed by atoms with Gasteiger partial charge in [0.15, 0.2) is 0 Å². The molecule has 1 aromatic carbocycles. The highest BCUT2D eigenvalue weighted by Crippen LogP contribution is 2.27. The van der Waals surface area contributed by atoms with E-state index in [9.17, 15) is 4.79 Å². The van der Waals surface area contributed by atoms with Gasteiger partial charge in [0, 0.05) is 32.7 Å². The van der Waals surface area contributed by atoms with Crippen LogP contribution in [-0.2, 0) is 11.3 Å². The maximum Gasteiger partial charge on any atom is 0.224 e. The summed E-state index contributed by atoms with van der Waals surface area (Å²) >= 11 is 0. The number of aromatic nitrogens is 2. The minimum atomic E-state index is 0.0422. The van der Waals surface area contributed by atoms with Crippen molar-refractivity contribution in [2.24, 2.45) is 5.92 Å². The third-order valence-corrected chi connectivity index (χ3v) is 5.65. The number of anilines is 1. The molecule has 1 atom stereocenters. The van der Waals surface area contributed by atoms with Crippen LogP contribution in [0.25, 0.3) is 11.0 Å². The number of nitrogens with one attached hydrogen (secondary N) is 1. The van der Waals surface area contributed by atoms with Crippen molar-refractivity contribution in [3.05, 3.63) is 24.3 Å². The Labute approximate surface area is 162 Å². The van der Waals surface area contributed by atoms with Gasteiger partial charge in [-0.15, -0.1) is 0 Å². The van der Waals surface area contributed by atoms with E-state index < -0.39 is 0 Å². The molecule has 6 heteroatoms. The molecule has 1 aromatic heterocycles. The van der Waals surface area contributed by atoms with Crippen molar-refractivity contribution in [3.63, 3.8) is 0 Å². The molecule has 0 radical (unpaired) electrons. The Balaban J connectivity index is 1.65. The van der Waals surface area contributed by atoms with Crippen LogP contribution in [0.1, 0.15) is 33.6 Å². The predicted molar refractivity (Wildman–Crippen MR) is 111 cm³/mol. The summed E-state index contributed by atoms with van der Waals surface area (Å²) in [5.41, 5.74) is 2.20. The molecule has 6 nitrogen and oxygen atoms in total. The summed E-state index contributed by atoms with van der Waals surface area (Å²) in [7, 11) is 0. The molecule has 148 valence electrons. The number of aryl methyl sites for hydroxylation is 1. The summed E-state index contributed by atoms with van der Waals surface area (Å²) in [5.74, 6) is 1.23. The topological polar surface area (TPSA) is 53.4 Å². The molecule has 0 aliphatic carbocycles. The molecule has 1 amide bonds. The van der Waals surface area contributed by atoms with Gasteiger partial charge < -0.3 is 19.7 Å². The molecule has 27 heavy (non-hydrogen) atoms. The van der Waals surface area contributed by atoms with Crippen molar-refractivity contribution in [3.8, 4) is 0 Å². The van der Waals surface area contributed by atoms with Gasteiger partial charge in [-0.3, -0.25) is 4.79 Å². The second-order valence-corrected chi connectivity index (χ2v) is 7.25. The van der Waals surface area contributed by atoms with Crippen LogP contribution in [0.15, 0.2) is 24.3 Å². The van der Waals surface area contributed by atoms with Crippen LogP contribution in [0.3, 0.4) is 0 Å². The summed E-state index contributed by atoms with van der Waals surface area (Å²) in [4.78, 5) is 22.2. The zero-order chi connectivity index (χ0) is 19.2. The van der Waals surface area contributed by atoms with E-state index in [1.54, 1.807) is 0 Å². The van der Waals surface area contributed by atoms with Crippen LogP contribution in [0, 0.1) is 5.92 Å². The van der Waals surface area contributed by atoms with Crippen molar-refractivity contribution in [1.29, 1.82) is 0 Å². The Morgan fingerprint density at radius 1 is 1.26 bits per heavy atom. The Hall–Kier alpha value is -2.08. The lowest BCUT2D eigenvalue weighted by Crippen LogP contribution is -2.45. The molecule has 2 aromatic rings. The standard InChI is InChI=1S/C21H33N5O/c1-4-24(5-2)15-13-22-20(27)17-10-9-14-25(16-17)21-23-18-11-7-8-12-19(18)26(21)6-3/h7-8,11-12,17H,4-6,9-10,13-16H2,1-3H3,(H,22,27)/t17-/m0/s1. The lowest BCUT2D eigenvalue weighted by Gasteiger charge is -2.33. The lowest BCUT2D eigenvalue weighted by atomic mass is 9.97. The van der Waals surface area contributed by atoms with Crippen molar-refractivity contribution >= 4 is 22.9 Å². The number of benzene rings is 1. The van der Waals surface area contributed by atoms with Gasteiger partial charge in [-0.05, 0) is 45.0 Å². The van der Waals surface area contributed by atoms with E-state index >= 15 is 0 Å². The van der Waals surface area contributed by atoms with E-state index in [4.69, 9.17) is 4.98 Å². The van der Waals surface area contributed by atoms with E-state index in [-0.39, 0.29) is 11.8 Å². The maximum atomic E-state index is 12.7. The van der Waals surface area contributed by atoms with Gasteiger partial charge in [0.25, 0.3) is 0 Å². The quantitative estimate of drug-likeness (QED) is 0.775. The van der Waals surface area contributed by atoms with E-state index in [0.29, 0.717) is 0 Å². The van der Waals surface area contributed by atoms with Gasteiger partial charge in [0.2, 0.25) is 11.9 Å². The number of piperidine rings is 1. The largest absolute Gasteiger partial charge is 0.355 e. The first-order valence-electron chi connectivity index (χ1n) is 10.4. The number of hydrogen-bond acceptors (Lipinski definition) is 4. The lowest BCUT2D eigenvalue weighted by molar-refractivity contribution is -0.125. The summed E-state index contributed by atoms with van der Waals surface area (Å²) in [6, 6.07) is 8.27. The number of rotatable bonds is 8. The maximum absolute atomic E-state index is 12.7. The van der Waals surface area contributed by atoms with Crippen LogP contribution >= 0.6 is 0 Å². The van der Waals surface area contributed by atoms with Gasteiger partial charge in [-0.1, -0.05) is 26.0 Å². The summed E-state index contributed by atoms with van der Waals surface area (Å²) in [6.07, 6.45) is 1.99. The molecule has 1 N–H and O–H groups in total. The van der Waals surface area contributed by atoms with E-state index in [2.05, 4.69) is 58.7 Å². The second-order valence-electron chi connectivity index (χ2n) is 7.25. The Morgan fingerprint density at radius 3 is 2.78 bits per heavy atom. The molecule has 0 spiro atoms. The number of amides is 1. The number of fused-ring (bicyclic) bond motifs is 1. The molecular formula is C21H33N5O. The Morgan fingerprint density at radius 2 is 2.04 bits per heavy atom. The van der Waals surface area contributed by atoms with Gasteiger partial charge >= 0.3 is 0 Å². The van der Waals surface area contributed by atoms with Gasteiger partial charge in [0.1, 0.15) is 0 Å². The number of para-hydroxylation sites is 2. The van der Waals surface area contributed by atoms with Crippen LogP contribution in [-0.4, -0.2) is 59.6 Å². The van der Waals surface area contributed by atoms with Crippen molar-refractivity contribution in [2.45, 2.75) is 40.2 Å². The predicted octanol–water partition coefficient (Wildman–Crippen LogP) is 2.73. The van der Waals surface area contributed by atoms with Gasteiger partial charge in [-0.25, -0.2) is 4.98 Å². The van der Waals surface area contributed by atoms with Crippen LogP contribution in [0.2, 0.25) is 0 Å². The number of carbonyl (C=O) groups excluding carboxylic acids is 1. The Kier molecular flexibility index (Phi) is 6.72. The molecule has 0 saturated carbocycles. The normalized spacial score (nSPS) is 17.6. The average Bonchev–Trinajstić information content (AvgIpc) is 3.10. The average molecular weight is 372 g/mol. The van der Waals surface area contributed by atoms with Gasteiger partial charge in [0.05, 0.1) is 17.0 Å². The number of imidazole rings is 1. The summed E-state index contributed by atoms with van der Waals surface area (Å²) < 4.78 is 2.26. The fourth-order valence-electron chi connectivity index (χ4n) is 4.01. The minimum absolute atomic E-state index is 0.0422. The fourth-order valence-corrected chi connectivity index (χ4v) is 4.01. The first-order valence-corrected chi connectivity index (χ1v) is 10.4. The molecule has 3 rings (SSSR count). The smallest absolute Gasteiger partial charge is 0.224 e. The number of carbonyl (C=O) groups is 1. The first-order chi connectivity index (χ1) is 13.2. The first kappa shape index (κ1) is 19.7.